The third kappa shape index (κ3) is 2.74. The van der Waals surface area contributed by atoms with Crippen LogP contribution in [0.25, 0.3) is 4.96 Å². The van der Waals surface area contributed by atoms with E-state index in [4.69, 9.17) is 4.42 Å². The van der Waals surface area contributed by atoms with Gasteiger partial charge in [0, 0.05) is 17.2 Å². The van der Waals surface area contributed by atoms with E-state index in [9.17, 15) is 4.79 Å². The third-order valence-corrected chi connectivity index (χ3v) is 8.55. The van der Waals surface area contributed by atoms with Crippen molar-refractivity contribution in [2.24, 2.45) is 17.8 Å². The molecule has 4 aliphatic rings. The first kappa shape index (κ1) is 17.1. The molecule has 9 heteroatoms. The summed E-state index contributed by atoms with van der Waals surface area (Å²) in [5, 5.41) is 14.6. The summed E-state index contributed by atoms with van der Waals surface area (Å²) in [6, 6.07) is 1.50. The van der Waals surface area contributed by atoms with E-state index in [0.717, 1.165) is 28.7 Å². The van der Waals surface area contributed by atoms with Crippen LogP contribution in [-0.2, 0) is 11.2 Å². The van der Waals surface area contributed by atoms with Crippen LogP contribution in [0.1, 0.15) is 55.1 Å². The van der Waals surface area contributed by atoms with Gasteiger partial charge in [0.15, 0.2) is 0 Å². The zero-order chi connectivity index (χ0) is 18.9. The smallest absolute Gasteiger partial charge is 0.277 e. The lowest BCUT2D eigenvalue weighted by Gasteiger charge is -2.55. The average molecular weight is 416 g/mol. The standard InChI is InChI=1S/C19H21N5O2S2/c1-10-2-15(25)24-17(20-10)28-14(23-24)9-27-18-22-21-16(26-18)19-6-11-3-12(7-19)5-13(4-11)8-19/h2,11-13H,3-9H2,1H3. The molecule has 0 atom stereocenters. The summed E-state index contributed by atoms with van der Waals surface area (Å²) in [6.45, 7) is 1.82. The fourth-order valence-electron chi connectivity index (χ4n) is 6.00. The lowest BCUT2D eigenvalue weighted by atomic mass is 9.49. The Kier molecular flexibility index (Phi) is 3.75. The number of aryl methyl sites for hydroxylation is 1. The van der Waals surface area contributed by atoms with Crippen LogP contribution < -0.4 is 5.56 Å². The molecule has 0 spiro atoms. The quantitative estimate of drug-likeness (QED) is 0.602. The zero-order valence-electron chi connectivity index (χ0n) is 15.6. The van der Waals surface area contributed by atoms with E-state index >= 15 is 0 Å². The van der Waals surface area contributed by atoms with Gasteiger partial charge >= 0.3 is 0 Å². The largest absolute Gasteiger partial charge is 0.415 e. The minimum Gasteiger partial charge on any atom is -0.415 e. The molecule has 146 valence electrons. The van der Waals surface area contributed by atoms with Crippen LogP contribution in [0.15, 0.2) is 20.5 Å². The fraction of sp³-hybridized carbons (Fsp3) is 0.632. The van der Waals surface area contributed by atoms with Gasteiger partial charge in [0.1, 0.15) is 5.01 Å². The van der Waals surface area contributed by atoms with E-state index in [0.29, 0.717) is 21.6 Å². The molecule has 0 aliphatic heterocycles. The Balaban J connectivity index is 1.21. The molecule has 0 aromatic carbocycles. The molecule has 7 rings (SSSR count). The highest BCUT2D eigenvalue weighted by Crippen LogP contribution is 2.60. The van der Waals surface area contributed by atoms with Gasteiger partial charge in [-0.3, -0.25) is 4.79 Å². The monoisotopic (exact) mass is 415 g/mol. The highest BCUT2D eigenvalue weighted by atomic mass is 32.2. The Morgan fingerprint density at radius 3 is 2.64 bits per heavy atom. The minimum absolute atomic E-state index is 0.130. The summed E-state index contributed by atoms with van der Waals surface area (Å²) >= 11 is 2.92. The van der Waals surface area contributed by atoms with Crippen molar-refractivity contribution in [3.63, 3.8) is 0 Å². The molecule has 0 unspecified atom stereocenters. The maximum atomic E-state index is 12.0. The highest BCUT2D eigenvalue weighted by molar-refractivity contribution is 7.98. The molecule has 0 saturated heterocycles. The van der Waals surface area contributed by atoms with Crippen LogP contribution in [0.2, 0.25) is 0 Å². The van der Waals surface area contributed by atoms with E-state index in [1.807, 2.05) is 6.92 Å². The summed E-state index contributed by atoms with van der Waals surface area (Å²) in [4.78, 5) is 17.0. The van der Waals surface area contributed by atoms with E-state index in [-0.39, 0.29) is 11.0 Å². The van der Waals surface area contributed by atoms with E-state index in [1.165, 1.54) is 72.2 Å². The molecule has 3 heterocycles. The molecule has 4 fully saturated rings. The van der Waals surface area contributed by atoms with Crippen molar-refractivity contribution in [3.05, 3.63) is 33.0 Å². The average Bonchev–Trinajstić information content (AvgIpc) is 3.26. The first-order chi connectivity index (χ1) is 13.6. The number of thioether (sulfide) groups is 1. The maximum Gasteiger partial charge on any atom is 0.277 e. The summed E-state index contributed by atoms with van der Waals surface area (Å²) in [7, 11) is 0. The Hall–Kier alpha value is -1.74. The third-order valence-electron chi connectivity index (χ3n) is 6.63. The molecule has 0 radical (unpaired) electrons. The van der Waals surface area contributed by atoms with Crippen molar-refractivity contribution < 1.29 is 4.42 Å². The van der Waals surface area contributed by atoms with Crippen molar-refractivity contribution in [1.82, 2.24) is 24.8 Å². The van der Waals surface area contributed by atoms with Gasteiger partial charge in [-0.25, -0.2) is 4.98 Å². The molecule has 0 amide bonds. The van der Waals surface area contributed by atoms with Crippen molar-refractivity contribution in [2.45, 2.75) is 61.8 Å². The fourth-order valence-corrected chi connectivity index (χ4v) is 7.69. The topological polar surface area (TPSA) is 86.2 Å². The molecule has 4 aliphatic carbocycles. The lowest BCUT2D eigenvalue weighted by Crippen LogP contribution is -2.48. The van der Waals surface area contributed by atoms with Gasteiger partial charge in [-0.2, -0.15) is 9.61 Å². The van der Waals surface area contributed by atoms with Gasteiger partial charge < -0.3 is 4.42 Å². The van der Waals surface area contributed by atoms with Crippen LogP contribution in [-0.4, -0.2) is 24.8 Å². The first-order valence-electron chi connectivity index (χ1n) is 9.89. The SMILES string of the molecule is Cc1cc(=O)n2nc(CSc3nnc(C45CC6CC(CC(C6)C4)C5)o3)sc2n1. The van der Waals surface area contributed by atoms with Crippen molar-refractivity contribution in [1.29, 1.82) is 0 Å². The second-order valence-electron chi connectivity index (χ2n) is 8.79. The van der Waals surface area contributed by atoms with Gasteiger partial charge in [0.2, 0.25) is 10.9 Å². The van der Waals surface area contributed by atoms with Crippen molar-refractivity contribution in [2.75, 3.05) is 0 Å². The minimum atomic E-state index is -0.142. The molecule has 3 aromatic rings. The van der Waals surface area contributed by atoms with E-state index < -0.39 is 0 Å². The van der Waals surface area contributed by atoms with Gasteiger partial charge in [-0.1, -0.05) is 23.1 Å². The van der Waals surface area contributed by atoms with E-state index in [2.05, 4.69) is 20.3 Å². The number of fused-ring (bicyclic) bond motifs is 1. The number of hydrogen-bond donors (Lipinski definition) is 0. The van der Waals surface area contributed by atoms with Crippen LogP contribution in [0.3, 0.4) is 0 Å². The summed E-state index contributed by atoms with van der Waals surface area (Å²) in [6.07, 6.45) is 7.86. The number of nitrogens with zero attached hydrogens (tertiary/aromatic N) is 5. The highest BCUT2D eigenvalue weighted by Gasteiger charge is 2.54. The molecule has 4 bridgehead atoms. The van der Waals surface area contributed by atoms with Gasteiger partial charge in [0.05, 0.1) is 5.75 Å². The predicted molar refractivity (Wildman–Crippen MR) is 106 cm³/mol. The second kappa shape index (κ2) is 6.13. The summed E-state index contributed by atoms with van der Waals surface area (Å²) < 4.78 is 7.50. The lowest BCUT2D eigenvalue weighted by molar-refractivity contribution is -0.0191. The van der Waals surface area contributed by atoms with Gasteiger partial charge in [0.25, 0.3) is 10.8 Å². The summed E-state index contributed by atoms with van der Waals surface area (Å²) in [5.74, 6) is 4.00. The zero-order valence-corrected chi connectivity index (χ0v) is 17.3. The first-order valence-corrected chi connectivity index (χ1v) is 11.7. The van der Waals surface area contributed by atoms with E-state index in [1.54, 1.807) is 0 Å². The molecule has 3 aromatic heterocycles. The molecular weight excluding hydrogens is 394 g/mol. The van der Waals surface area contributed by atoms with Crippen LogP contribution in [0.4, 0.5) is 0 Å². The molecule has 4 saturated carbocycles. The summed E-state index contributed by atoms with van der Waals surface area (Å²) in [5.41, 5.74) is 0.701. The van der Waals surface area contributed by atoms with Gasteiger partial charge in [-0.15, -0.1) is 10.2 Å². The van der Waals surface area contributed by atoms with Crippen LogP contribution in [0.5, 0.6) is 0 Å². The van der Waals surface area contributed by atoms with Gasteiger partial charge in [-0.05, 0) is 63.2 Å². The predicted octanol–water partition coefficient (Wildman–Crippen LogP) is 3.60. The molecule has 0 N–H and O–H groups in total. The molecular formula is C19H21N5O2S2. The normalized spacial score (nSPS) is 31.1. The maximum absolute atomic E-state index is 12.0. The van der Waals surface area contributed by atoms with Crippen LogP contribution in [0, 0.1) is 24.7 Å². The van der Waals surface area contributed by atoms with Crippen LogP contribution >= 0.6 is 23.1 Å². The number of rotatable bonds is 4. The Bertz CT molecular complexity index is 1080. The van der Waals surface area contributed by atoms with Crippen molar-refractivity contribution in [3.8, 4) is 0 Å². The van der Waals surface area contributed by atoms with Crippen molar-refractivity contribution >= 4 is 28.1 Å². The molecule has 7 nitrogen and oxygen atoms in total. The Morgan fingerprint density at radius 1 is 1.21 bits per heavy atom. The Labute approximate surface area is 170 Å². The number of aromatic nitrogens is 5. The Morgan fingerprint density at radius 2 is 1.93 bits per heavy atom. The molecule has 28 heavy (non-hydrogen) atoms. The second-order valence-corrected chi connectivity index (χ2v) is 10.8. The number of hydrogen-bond acceptors (Lipinski definition) is 8.